The maximum Gasteiger partial charge on any atom is 1.00 e. The first kappa shape index (κ1) is 54.1. The number of phosphoric ester groups is 1. The summed E-state index contributed by atoms with van der Waals surface area (Å²) in [5.41, 5.74) is 6.19. The summed E-state index contributed by atoms with van der Waals surface area (Å²) in [4.78, 5) is 58.7. The van der Waals surface area contributed by atoms with Crippen LogP contribution in [-0.4, -0.2) is 129 Å². The van der Waals surface area contributed by atoms with Crippen LogP contribution in [0, 0.1) is 6.92 Å². The molecule has 2 aliphatic heterocycles. The number of Topliss-reactive ketones (excluding diaryl/α,β-unsaturated/α-hetero) is 1. The largest absolute Gasteiger partial charge is 1.00 e. The van der Waals surface area contributed by atoms with E-state index in [0.29, 0.717) is 26.4 Å². The van der Waals surface area contributed by atoms with E-state index in [9.17, 15) is 28.6 Å². The van der Waals surface area contributed by atoms with Crippen LogP contribution in [0.3, 0.4) is 0 Å². The van der Waals surface area contributed by atoms with Crippen LogP contribution >= 0.6 is 7.82 Å². The Bertz CT molecular complexity index is 1990. The number of rotatable bonds is 29. The molecule has 0 bridgehead atoms. The monoisotopic (exact) mass is 924 g/mol. The fourth-order valence-electron chi connectivity index (χ4n) is 5.52. The van der Waals surface area contributed by atoms with Crippen molar-refractivity contribution < 1.29 is 110 Å². The number of ether oxygens (including phenoxy) is 9. The summed E-state index contributed by atoms with van der Waals surface area (Å²) in [5.74, 6) is 1.67. The Morgan fingerprint density at radius 3 is 2.25 bits per heavy atom. The van der Waals surface area contributed by atoms with E-state index in [0.717, 1.165) is 64.8 Å². The molecular weight excluding hydrogens is 870 g/mol. The molecule has 5 rings (SSSR count). The quantitative estimate of drug-likeness (QED) is 0.0444. The molecule has 2 heterocycles. The van der Waals surface area contributed by atoms with E-state index in [2.05, 4.69) is 68.0 Å². The fraction of sp³-hybridized carbons (Fsp3) is 0.465. The molecule has 0 aromatic heterocycles. The number of hydrogen-bond donors (Lipinski definition) is 1. The number of aliphatic imine (C=N–C) groups is 1. The van der Waals surface area contributed by atoms with Gasteiger partial charge in [0.1, 0.15) is 44.5 Å². The zero-order valence-electron chi connectivity index (χ0n) is 36.5. The predicted octanol–water partition coefficient (Wildman–Crippen LogP) is 1.05. The van der Waals surface area contributed by atoms with Gasteiger partial charge in [-0.3, -0.25) is 23.7 Å². The minimum atomic E-state index is -4.72. The fourth-order valence-corrected chi connectivity index (χ4v) is 6.26. The third-order valence-electron chi connectivity index (χ3n) is 8.62. The predicted molar refractivity (Wildman–Crippen MR) is 224 cm³/mol. The van der Waals surface area contributed by atoms with Crippen LogP contribution in [-0.2, 0) is 61.2 Å². The Labute approximate surface area is 394 Å². The van der Waals surface area contributed by atoms with Gasteiger partial charge >= 0.3 is 29.6 Å². The number of benzene rings is 3. The van der Waals surface area contributed by atoms with Gasteiger partial charge in [-0.25, -0.2) is 4.99 Å². The molecule has 64 heavy (non-hydrogen) atoms. The first-order valence-electron chi connectivity index (χ1n) is 20.2. The SMILES string of the molecule is CC(=O)COCCOCC(=O)NCCOP(=O)([O-])OCC(COC=O)OC=O.CCCCOCCOCC1Oc2ccc(-c3ccc(C4=Nc5cc(C)ccc5OC4)cc3)cc2O1.[Na+]. The zero-order chi connectivity index (χ0) is 45.3. The van der Waals surface area contributed by atoms with Crippen LogP contribution < -0.4 is 54.0 Å². The molecule has 0 aliphatic carbocycles. The zero-order valence-corrected chi connectivity index (χ0v) is 39.4. The van der Waals surface area contributed by atoms with Crippen molar-refractivity contribution >= 4 is 43.9 Å². The van der Waals surface area contributed by atoms with Crippen LogP contribution in [0.1, 0.15) is 37.8 Å². The average molecular weight is 925 g/mol. The van der Waals surface area contributed by atoms with Crippen molar-refractivity contribution in [2.24, 2.45) is 4.99 Å². The molecule has 0 spiro atoms. The van der Waals surface area contributed by atoms with E-state index in [4.69, 9.17) is 38.2 Å². The van der Waals surface area contributed by atoms with E-state index in [-0.39, 0.29) is 81.3 Å². The van der Waals surface area contributed by atoms with Crippen LogP contribution in [0.2, 0.25) is 0 Å². The standard InChI is InChI=1S/C29H31NO5.C14H24NO12P.Na/c1-3-4-13-31-14-15-32-19-29-34-27-12-10-23(17-28(27)35-29)21-6-8-22(9-7-21)25-18-33-26-11-5-20(2)16-24(26)30-25;1-12(18)6-22-4-5-23-9-14(19)15-2-3-26-28(20,21)27-8-13(25-11-17)7-24-10-16;/h5-12,16-17,29H,3-4,13-15,18-19H2,1-2H3;10-11,13H,2-9H2,1H3,(H,15,19)(H,20,21);/q;;+1/p-1. The first-order valence-corrected chi connectivity index (χ1v) is 21.7. The second-order valence-corrected chi connectivity index (χ2v) is 15.2. The van der Waals surface area contributed by atoms with E-state index < -0.39 is 45.9 Å². The normalized spacial score (nSPS) is 14.8. The number of carbonyl (C=O) groups is 4. The molecule has 21 heteroatoms. The summed E-state index contributed by atoms with van der Waals surface area (Å²) in [6, 6.07) is 20.4. The summed E-state index contributed by atoms with van der Waals surface area (Å²) in [6.07, 6.45) is 0.652. The Balaban J connectivity index is 0.000000346. The molecule has 19 nitrogen and oxygen atoms in total. The minimum absolute atomic E-state index is 0. The molecule has 3 aromatic rings. The number of amides is 1. The first-order chi connectivity index (χ1) is 30.5. The maximum atomic E-state index is 11.5. The Morgan fingerprint density at radius 1 is 0.828 bits per heavy atom. The van der Waals surface area contributed by atoms with Gasteiger partial charge in [-0.1, -0.05) is 49.7 Å². The Hall–Kier alpha value is -4.24. The third-order valence-corrected chi connectivity index (χ3v) is 9.58. The molecule has 0 fully saturated rings. The number of nitrogens with zero attached hydrogens (tertiary/aromatic N) is 1. The van der Waals surface area contributed by atoms with Gasteiger partial charge in [0.25, 0.3) is 27.1 Å². The van der Waals surface area contributed by atoms with Gasteiger partial charge in [-0.2, -0.15) is 0 Å². The molecule has 3 unspecified atom stereocenters. The number of nitrogens with one attached hydrogen (secondary N) is 1. The molecule has 0 saturated carbocycles. The number of unbranched alkanes of at least 4 members (excludes halogenated alkanes) is 1. The van der Waals surface area contributed by atoms with E-state index in [1.54, 1.807) is 0 Å². The second-order valence-electron chi connectivity index (χ2n) is 13.8. The molecule has 3 atom stereocenters. The third kappa shape index (κ3) is 20.3. The average Bonchev–Trinajstić information content (AvgIpc) is 3.69. The maximum absolute atomic E-state index is 11.5. The number of carbonyl (C=O) groups excluding carboxylic acids is 4. The molecular formula is C43H54N2NaO17P. The molecule has 0 radical (unpaired) electrons. The smallest absolute Gasteiger partial charge is 0.756 e. The van der Waals surface area contributed by atoms with Gasteiger partial charge in [0.2, 0.25) is 5.91 Å². The number of aryl methyl sites for hydroxylation is 1. The van der Waals surface area contributed by atoms with Gasteiger partial charge in [-0.15, -0.1) is 0 Å². The summed E-state index contributed by atoms with van der Waals surface area (Å²) in [7, 11) is -4.72. The molecule has 0 saturated heterocycles. The van der Waals surface area contributed by atoms with Crippen LogP contribution in [0.25, 0.3) is 11.1 Å². The van der Waals surface area contributed by atoms with E-state index >= 15 is 0 Å². The van der Waals surface area contributed by atoms with Crippen molar-refractivity contribution in [3.8, 4) is 28.4 Å². The van der Waals surface area contributed by atoms with E-state index in [1.807, 2.05) is 30.3 Å². The van der Waals surface area contributed by atoms with Gasteiger partial charge in [0.15, 0.2) is 23.4 Å². The number of hydrogen-bond acceptors (Lipinski definition) is 18. The summed E-state index contributed by atoms with van der Waals surface area (Å²) in [5, 5.41) is 2.35. The van der Waals surface area contributed by atoms with Crippen molar-refractivity contribution in [2.75, 3.05) is 85.8 Å². The summed E-state index contributed by atoms with van der Waals surface area (Å²) >= 11 is 0. The summed E-state index contributed by atoms with van der Waals surface area (Å²) in [6.45, 7) is 6.86. The molecule has 3 aromatic carbocycles. The molecule has 1 amide bonds. The van der Waals surface area contributed by atoms with E-state index in [1.165, 1.54) is 12.5 Å². The van der Waals surface area contributed by atoms with Crippen molar-refractivity contribution in [2.45, 2.75) is 46.0 Å². The van der Waals surface area contributed by atoms with Gasteiger partial charge in [0.05, 0.1) is 45.4 Å². The number of ketones is 1. The molecule has 2 aliphatic rings. The van der Waals surface area contributed by atoms with Gasteiger partial charge in [-0.05, 0) is 66.8 Å². The van der Waals surface area contributed by atoms with Crippen LogP contribution in [0.15, 0.2) is 65.7 Å². The molecule has 1 N–H and O–H groups in total. The topological polar surface area (TPSA) is 234 Å². The van der Waals surface area contributed by atoms with Crippen molar-refractivity contribution in [3.05, 3.63) is 71.8 Å². The van der Waals surface area contributed by atoms with Gasteiger partial charge in [0, 0.05) is 13.2 Å². The Morgan fingerprint density at radius 2 is 1.52 bits per heavy atom. The van der Waals surface area contributed by atoms with Crippen LogP contribution in [0.4, 0.5) is 5.69 Å². The van der Waals surface area contributed by atoms with Crippen LogP contribution in [0.5, 0.6) is 17.2 Å². The second kappa shape index (κ2) is 30.1. The van der Waals surface area contributed by atoms with Gasteiger partial charge < -0.3 is 61.9 Å². The number of phosphoric acid groups is 1. The minimum Gasteiger partial charge on any atom is -0.756 e. The Kier molecular flexibility index (Phi) is 25.4. The number of fused-ring (bicyclic) bond motifs is 2. The van der Waals surface area contributed by atoms with Crippen molar-refractivity contribution in [3.63, 3.8) is 0 Å². The van der Waals surface area contributed by atoms with Crippen molar-refractivity contribution in [1.82, 2.24) is 5.32 Å². The summed E-state index contributed by atoms with van der Waals surface area (Å²) < 4.78 is 68.1. The van der Waals surface area contributed by atoms with Crippen molar-refractivity contribution in [1.29, 1.82) is 0 Å². The molecule has 344 valence electrons.